The van der Waals surface area contributed by atoms with Crippen molar-refractivity contribution in [2.75, 3.05) is 4.90 Å². The summed E-state index contributed by atoms with van der Waals surface area (Å²) in [7, 11) is 0. The second-order valence-electron chi connectivity index (χ2n) is 10.8. The van der Waals surface area contributed by atoms with Crippen molar-refractivity contribution in [3.63, 3.8) is 0 Å². The van der Waals surface area contributed by atoms with Crippen molar-refractivity contribution in [2.24, 2.45) is 0 Å². The molecule has 44 heavy (non-hydrogen) atoms. The molecule has 5 heteroatoms. The number of rotatable bonds is 6. The van der Waals surface area contributed by atoms with Gasteiger partial charge in [-0.15, -0.1) is 0 Å². The second kappa shape index (κ2) is 10.7. The second-order valence-corrected chi connectivity index (χ2v) is 10.8. The molecule has 0 saturated carbocycles. The summed E-state index contributed by atoms with van der Waals surface area (Å²) in [5.41, 5.74) is 9.65. The van der Waals surface area contributed by atoms with E-state index in [1.165, 1.54) is 10.8 Å². The summed E-state index contributed by atoms with van der Waals surface area (Å²) in [6.07, 6.45) is 0. The van der Waals surface area contributed by atoms with Crippen molar-refractivity contribution < 1.29 is 4.52 Å². The summed E-state index contributed by atoms with van der Waals surface area (Å²) in [5.74, 6) is 1.10. The average molecular weight is 569 g/mol. The van der Waals surface area contributed by atoms with Gasteiger partial charge in [-0.1, -0.05) is 78.0 Å². The Hall–Kier alpha value is -5.94. The predicted molar refractivity (Wildman–Crippen MR) is 179 cm³/mol. The maximum atomic E-state index is 5.60. The van der Waals surface area contributed by atoms with E-state index >= 15 is 0 Å². The molecule has 8 rings (SSSR count). The topological polar surface area (TPSA) is 47.1 Å². The molecule has 0 aliphatic carbocycles. The van der Waals surface area contributed by atoms with Gasteiger partial charge in [-0.25, -0.2) is 0 Å². The fourth-order valence-corrected chi connectivity index (χ4v) is 6.05. The molecular weight excluding hydrogens is 540 g/mol. The molecular formula is C39H28N4O. The van der Waals surface area contributed by atoms with E-state index < -0.39 is 0 Å². The van der Waals surface area contributed by atoms with Gasteiger partial charge in [-0.3, -0.25) is 0 Å². The number of fused-ring (bicyclic) bond motifs is 3. The Kier molecular flexibility index (Phi) is 6.27. The highest BCUT2D eigenvalue weighted by molar-refractivity contribution is 6.10. The van der Waals surface area contributed by atoms with Crippen molar-refractivity contribution in [3.05, 3.63) is 157 Å². The fraction of sp³-hybridized carbons (Fsp3) is 0.0256. The summed E-state index contributed by atoms with van der Waals surface area (Å²) >= 11 is 0. The first kappa shape index (κ1) is 25.7. The van der Waals surface area contributed by atoms with E-state index in [9.17, 15) is 0 Å². The largest absolute Gasteiger partial charge is 0.334 e. The number of benzene rings is 6. The lowest BCUT2D eigenvalue weighted by Crippen LogP contribution is -2.09. The first-order valence-electron chi connectivity index (χ1n) is 14.7. The molecule has 0 fully saturated rings. The van der Waals surface area contributed by atoms with Crippen LogP contribution in [0.5, 0.6) is 0 Å². The lowest BCUT2D eigenvalue weighted by atomic mass is 10.1. The third-order valence-corrected chi connectivity index (χ3v) is 8.10. The van der Waals surface area contributed by atoms with Gasteiger partial charge in [0.1, 0.15) is 0 Å². The van der Waals surface area contributed by atoms with E-state index in [2.05, 4.69) is 143 Å². The minimum absolute atomic E-state index is 0.516. The van der Waals surface area contributed by atoms with E-state index in [1.807, 2.05) is 30.3 Å². The molecule has 0 amide bonds. The molecule has 5 nitrogen and oxygen atoms in total. The number of hydrogen-bond donors (Lipinski definition) is 0. The van der Waals surface area contributed by atoms with Crippen LogP contribution in [-0.4, -0.2) is 14.7 Å². The Morgan fingerprint density at radius 3 is 1.91 bits per heavy atom. The van der Waals surface area contributed by atoms with Crippen molar-refractivity contribution in [1.82, 2.24) is 14.7 Å². The number of nitrogens with zero attached hydrogens (tertiary/aromatic N) is 4. The maximum Gasteiger partial charge on any atom is 0.258 e. The van der Waals surface area contributed by atoms with Gasteiger partial charge in [0, 0.05) is 44.6 Å². The van der Waals surface area contributed by atoms with Gasteiger partial charge in [-0.05, 0) is 91.3 Å². The maximum absolute atomic E-state index is 5.60. The molecule has 2 heterocycles. The molecule has 0 unspecified atom stereocenters. The molecule has 2 aromatic heterocycles. The van der Waals surface area contributed by atoms with Gasteiger partial charge in [0.25, 0.3) is 5.89 Å². The number of para-hydroxylation sites is 3. The predicted octanol–water partition coefficient (Wildman–Crippen LogP) is 10.3. The van der Waals surface area contributed by atoms with Crippen LogP contribution in [0.4, 0.5) is 17.1 Å². The summed E-state index contributed by atoms with van der Waals surface area (Å²) in [6.45, 7) is 2.10. The molecule has 0 atom stereocenters. The SMILES string of the molecule is Cc1cc(-n2c3ccccc3c3cc(N(c4ccccc4)c4ccccc4)ccc32)ccc1-c1noc(-c2ccccc2)n1. The molecule has 0 bridgehead atoms. The Bertz CT molecular complexity index is 2200. The third-order valence-electron chi connectivity index (χ3n) is 8.10. The first-order chi connectivity index (χ1) is 21.7. The Balaban J connectivity index is 1.24. The fourth-order valence-electron chi connectivity index (χ4n) is 6.05. The lowest BCUT2D eigenvalue weighted by Gasteiger charge is -2.25. The zero-order valence-corrected chi connectivity index (χ0v) is 24.1. The zero-order chi connectivity index (χ0) is 29.5. The number of anilines is 3. The van der Waals surface area contributed by atoms with Crippen LogP contribution in [0.2, 0.25) is 0 Å². The Labute approximate surface area is 255 Å². The van der Waals surface area contributed by atoms with Gasteiger partial charge < -0.3 is 14.0 Å². The molecule has 0 spiro atoms. The lowest BCUT2D eigenvalue weighted by molar-refractivity contribution is 0.432. The van der Waals surface area contributed by atoms with Crippen LogP contribution in [0, 0.1) is 6.92 Å². The molecule has 6 aromatic carbocycles. The zero-order valence-electron chi connectivity index (χ0n) is 24.1. The van der Waals surface area contributed by atoms with Gasteiger partial charge in [0.15, 0.2) is 0 Å². The van der Waals surface area contributed by atoms with E-state index in [4.69, 9.17) is 9.51 Å². The van der Waals surface area contributed by atoms with Gasteiger partial charge >= 0.3 is 0 Å². The molecule has 0 saturated heterocycles. The van der Waals surface area contributed by atoms with Crippen LogP contribution < -0.4 is 4.90 Å². The van der Waals surface area contributed by atoms with E-state index in [0.29, 0.717) is 11.7 Å². The van der Waals surface area contributed by atoms with E-state index in [-0.39, 0.29) is 0 Å². The summed E-state index contributed by atoms with van der Waals surface area (Å²) < 4.78 is 7.94. The normalized spacial score (nSPS) is 11.3. The summed E-state index contributed by atoms with van der Waals surface area (Å²) in [4.78, 5) is 7.00. The standard InChI is InChI=1S/C39H28N4O/c1-27-25-31(21-23-33(27)38-40-39(44-41-38)28-13-5-2-6-14-28)43-36-20-12-11-19-34(36)35-26-32(22-24-37(35)43)42(29-15-7-3-8-16-29)30-17-9-4-10-18-30/h2-26H,1H3. The van der Waals surface area contributed by atoms with Crippen LogP contribution in [0.1, 0.15) is 5.56 Å². The van der Waals surface area contributed by atoms with E-state index in [0.717, 1.165) is 50.5 Å². The quantitative estimate of drug-likeness (QED) is 0.200. The molecule has 0 aliphatic rings. The van der Waals surface area contributed by atoms with Crippen molar-refractivity contribution in [2.45, 2.75) is 6.92 Å². The summed E-state index contributed by atoms with van der Waals surface area (Å²) in [6, 6.07) is 52.7. The van der Waals surface area contributed by atoms with Gasteiger partial charge in [-0.2, -0.15) is 4.98 Å². The Morgan fingerprint density at radius 1 is 0.568 bits per heavy atom. The number of aryl methyl sites for hydroxylation is 1. The van der Waals surface area contributed by atoms with Crippen molar-refractivity contribution in [1.29, 1.82) is 0 Å². The highest BCUT2D eigenvalue weighted by Crippen LogP contribution is 2.40. The van der Waals surface area contributed by atoms with Crippen molar-refractivity contribution >= 4 is 38.9 Å². The molecule has 210 valence electrons. The highest BCUT2D eigenvalue weighted by atomic mass is 16.5. The smallest absolute Gasteiger partial charge is 0.258 e. The monoisotopic (exact) mass is 568 g/mol. The average Bonchev–Trinajstić information content (AvgIpc) is 3.70. The molecule has 0 N–H and O–H groups in total. The highest BCUT2D eigenvalue weighted by Gasteiger charge is 2.18. The Morgan fingerprint density at radius 2 is 1.20 bits per heavy atom. The molecule has 0 radical (unpaired) electrons. The number of hydrogen-bond acceptors (Lipinski definition) is 4. The first-order valence-corrected chi connectivity index (χ1v) is 14.7. The summed E-state index contributed by atoms with van der Waals surface area (Å²) in [5, 5.41) is 6.70. The van der Waals surface area contributed by atoms with Crippen LogP contribution in [0.25, 0.3) is 50.3 Å². The van der Waals surface area contributed by atoms with E-state index in [1.54, 1.807) is 0 Å². The van der Waals surface area contributed by atoms with Gasteiger partial charge in [0.05, 0.1) is 11.0 Å². The molecule has 8 aromatic rings. The molecule has 0 aliphatic heterocycles. The van der Waals surface area contributed by atoms with Gasteiger partial charge in [0.2, 0.25) is 5.82 Å². The van der Waals surface area contributed by atoms with Crippen LogP contribution in [0.15, 0.2) is 156 Å². The van der Waals surface area contributed by atoms with Crippen LogP contribution in [-0.2, 0) is 0 Å². The van der Waals surface area contributed by atoms with Crippen LogP contribution in [0.3, 0.4) is 0 Å². The minimum atomic E-state index is 0.516. The van der Waals surface area contributed by atoms with Crippen molar-refractivity contribution in [3.8, 4) is 28.5 Å². The number of aromatic nitrogens is 3. The van der Waals surface area contributed by atoms with Crippen LogP contribution >= 0.6 is 0 Å². The minimum Gasteiger partial charge on any atom is -0.334 e. The third kappa shape index (κ3) is 4.43.